The van der Waals surface area contributed by atoms with Crippen LogP contribution in [0.1, 0.15) is 44.6 Å². The predicted molar refractivity (Wildman–Crippen MR) is 81.3 cm³/mol. The third-order valence-electron chi connectivity index (χ3n) is 3.99. The summed E-state index contributed by atoms with van der Waals surface area (Å²) < 4.78 is 0. The van der Waals surface area contributed by atoms with Crippen LogP contribution in [0.2, 0.25) is 0 Å². The summed E-state index contributed by atoms with van der Waals surface area (Å²) in [5.41, 5.74) is 6.94. The van der Waals surface area contributed by atoms with Crippen LogP contribution in [0.5, 0.6) is 0 Å². The number of rotatable bonds is 5. The minimum atomic E-state index is -0.917. The summed E-state index contributed by atoms with van der Waals surface area (Å²) in [5.74, 6) is -1.15. The Balaban J connectivity index is 2.31. The normalized spacial score (nSPS) is 20.0. The summed E-state index contributed by atoms with van der Waals surface area (Å²) in [5, 5.41) is 9.04. The number of nitrogens with zero attached hydrogens (tertiary/aromatic N) is 1. The van der Waals surface area contributed by atoms with E-state index in [9.17, 15) is 9.59 Å². The molecule has 1 amide bonds. The molecule has 0 spiro atoms. The second-order valence-corrected chi connectivity index (χ2v) is 5.94. The Morgan fingerprint density at radius 2 is 2.10 bits per heavy atom. The second kappa shape index (κ2) is 5.85. The van der Waals surface area contributed by atoms with E-state index in [0.29, 0.717) is 13.0 Å². The second-order valence-electron chi connectivity index (χ2n) is 5.94. The van der Waals surface area contributed by atoms with E-state index in [4.69, 9.17) is 10.8 Å². The summed E-state index contributed by atoms with van der Waals surface area (Å²) in [6.07, 6.45) is 1.46. The average Bonchev–Trinajstić information content (AvgIpc) is 2.76. The molecule has 0 saturated heterocycles. The van der Waals surface area contributed by atoms with E-state index in [1.807, 2.05) is 31.2 Å². The molecule has 1 aromatic rings. The number of fused-ring (bicyclic) bond motifs is 1. The molecule has 2 atom stereocenters. The van der Waals surface area contributed by atoms with Gasteiger partial charge >= 0.3 is 5.97 Å². The fourth-order valence-corrected chi connectivity index (χ4v) is 3.01. The number of para-hydroxylation sites is 1. The van der Waals surface area contributed by atoms with E-state index in [1.165, 1.54) is 0 Å². The van der Waals surface area contributed by atoms with Gasteiger partial charge in [0.1, 0.15) is 0 Å². The number of hydrogen-bond donors (Lipinski definition) is 2. The quantitative estimate of drug-likeness (QED) is 0.870. The number of aliphatic carboxylic acids is 1. The Morgan fingerprint density at radius 1 is 1.43 bits per heavy atom. The first-order valence-corrected chi connectivity index (χ1v) is 7.28. The molecule has 2 rings (SSSR count). The van der Waals surface area contributed by atoms with Crippen LogP contribution in [-0.4, -0.2) is 29.1 Å². The lowest BCUT2D eigenvalue weighted by Gasteiger charge is -2.29. The first-order chi connectivity index (χ1) is 9.86. The van der Waals surface area contributed by atoms with Crippen molar-refractivity contribution in [3.05, 3.63) is 29.8 Å². The van der Waals surface area contributed by atoms with Crippen LogP contribution in [0, 0.1) is 0 Å². The van der Waals surface area contributed by atoms with Crippen LogP contribution in [0.15, 0.2) is 24.3 Å². The number of benzene rings is 1. The Morgan fingerprint density at radius 3 is 2.71 bits per heavy atom. The molecule has 3 N–H and O–H groups in total. The van der Waals surface area contributed by atoms with Crippen LogP contribution < -0.4 is 10.6 Å². The Labute approximate surface area is 124 Å². The molecular formula is C16H22N2O3. The standard InChI is InChI=1S/C16H22N2O3/c1-3-8-16(2,17)15(21)18-10-11(9-14(19)20)12-6-4-5-7-13(12)18/h4-7,11H,3,8-10,17H2,1-2H3,(H,19,20). The number of carboxylic acid groups (broad SMARTS) is 1. The number of hydrogen-bond acceptors (Lipinski definition) is 3. The fourth-order valence-electron chi connectivity index (χ4n) is 3.01. The maximum Gasteiger partial charge on any atom is 0.304 e. The summed E-state index contributed by atoms with van der Waals surface area (Å²) >= 11 is 0. The zero-order chi connectivity index (χ0) is 15.6. The van der Waals surface area contributed by atoms with Gasteiger partial charge in [-0.2, -0.15) is 0 Å². The van der Waals surface area contributed by atoms with Gasteiger partial charge in [0.25, 0.3) is 0 Å². The average molecular weight is 290 g/mol. The molecule has 1 aromatic carbocycles. The van der Waals surface area contributed by atoms with Crippen molar-refractivity contribution >= 4 is 17.6 Å². The maximum absolute atomic E-state index is 12.7. The van der Waals surface area contributed by atoms with E-state index in [2.05, 4.69) is 0 Å². The van der Waals surface area contributed by atoms with Crippen molar-refractivity contribution < 1.29 is 14.7 Å². The van der Waals surface area contributed by atoms with Gasteiger partial charge < -0.3 is 15.7 Å². The van der Waals surface area contributed by atoms with E-state index in [1.54, 1.807) is 11.8 Å². The zero-order valence-corrected chi connectivity index (χ0v) is 12.5. The zero-order valence-electron chi connectivity index (χ0n) is 12.5. The van der Waals surface area contributed by atoms with Crippen LogP contribution in [0.25, 0.3) is 0 Å². The molecule has 0 bridgehead atoms. The molecule has 1 heterocycles. The van der Waals surface area contributed by atoms with Gasteiger partial charge in [0, 0.05) is 18.2 Å². The third kappa shape index (κ3) is 3.08. The smallest absolute Gasteiger partial charge is 0.304 e. The molecule has 0 aromatic heterocycles. The van der Waals surface area contributed by atoms with Crippen LogP contribution in [0.3, 0.4) is 0 Å². The highest BCUT2D eigenvalue weighted by Crippen LogP contribution is 2.39. The van der Waals surface area contributed by atoms with Crippen molar-refractivity contribution in [2.24, 2.45) is 5.73 Å². The van der Waals surface area contributed by atoms with Gasteiger partial charge in [-0.15, -0.1) is 0 Å². The number of carboxylic acids is 1. The molecule has 0 aliphatic carbocycles. The van der Waals surface area contributed by atoms with Crippen molar-refractivity contribution in [1.82, 2.24) is 0 Å². The molecule has 21 heavy (non-hydrogen) atoms. The lowest BCUT2D eigenvalue weighted by molar-refractivity contribution is -0.137. The van der Waals surface area contributed by atoms with Crippen LogP contribution in [0.4, 0.5) is 5.69 Å². The highest BCUT2D eigenvalue weighted by molar-refractivity contribution is 6.01. The molecule has 0 fully saturated rings. The number of nitrogens with two attached hydrogens (primary N) is 1. The minimum absolute atomic E-state index is 0.0237. The number of carbonyl (C=O) groups is 2. The summed E-state index contributed by atoms with van der Waals surface area (Å²) in [6, 6.07) is 7.48. The molecule has 0 radical (unpaired) electrons. The predicted octanol–water partition coefficient (Wildman–Crippen LogP) is 2.11. The molecule has 0 saturated carbocycles. The summed E-state index contributed by atoms with van der Waals surface area (Å²) in [6.45, 7) is 4.12. The van der Waals surface area contributed by atoms with Crippen molar-refractivity contribution in [3.63, 3.8) is 0 Å². The van der Waals surface area contributed by atoms with Crippen LogP contribution >= 0.6 is 0 Å². The van der Waals surface area contributed by atoms with Gasteiger partial charge in [0.2, 0.25) is 5.91 Å². The van der Waals surface area contributed by atoms with Gasteiger partial charge in [-0.05, 0) is 25.0 Å². The first kappa shape index (κ1) is 15.5. The SMILES string of the molecule is CCCC(C)(N)C(=O)N1CC(CC(=O)O)c2ccccc21. The highest BCUT2D eigenvalue weighted by atomic mass is 16.4. The molecular weight excluding hydrogens is 268 g/mol. The highest BCUT2D eigenvalue weighted by Gasteiger charge is 2.39. The number of carbonyl (C=O) groups excluding carboxylic acids is 1. The van der Waals surface area contributed by atoms with Crippen molar-refractivity contribution in [2.75, 3.05) is 11.4 Å². The Bertz CT molecular complexity index is 554. The van der Waals surface area contributed by atoms with Crippen LogP contribution in [-0.2, 0) is 9.59 Å². The maximum atomic E-state index is 12.7. The molecule has 1 aliphatic rings. The largest absolute Gasteiger partial charge is 0.481 e. The lowest BCUT2D eigenvalue weighted by atomic mass is 9.95. The summed E-state index contributed by atoms with van der Waals surface area (Å²) in [4.78, 5) is 25.4. The van der Waals surface area contributed by atoms with E-state index < -0.39 is 11.5 Å². The van der Waals surface area contributed by atoms with Crippen molar-refractivity contribution in [3.8, 4) is 0 Å². The molecule has 2 unspecified atom stereocenters. The number of anilines is 1. The Kier molecular flexibility index (Phi) is 4.32. The van der Waals surface area contributed by atoms with Gasteiger partial charge in [-0.3, -0.25) is 9.59 Å². The van der Waals surface area contributed by atoms with E-state index in [0.717, 1.165) is 17.7 Å². The fraction of sp³-hybridized carbons (Fsp3) is 0.500. The first-order valence-electron chi connectivity index (χ1n) is 7.28. The van der Waals surface area contributed by atoms with E-state index in [-0.39, 0.29) is 18.2 Å². The van der Waals surface area contributed by atoms with Gasteiger partial charge in [0.05, 0.1) is 12.0 Å². The minimum Gasteiger partial charge on any atom is -0.481 e. The van der Waals surface area contributed by atoms with Gasteiger partial charge in [0.15, 0.2) is 0 Å². The molecule has 5 heteroatoms. The topological polar surface area (TPSA) is 83.6 Å². The van der Waals surface area contributed by atoms with Crippen molar-refractivity contribution in [1.29, 1.82) is 0 Å². The van der Waals surface area contributed by atoms with Crippen molar-refractivity contribution in [2.45, 2.75) is 44.6 Å². The van der Waals surface area contributed by atoms with E-state index >= 15 is 0 Å². The van der Waals surface area contributed by atoms with Gasteiger partial charge in [-0.25, -0.2) is 0 Å². The Hall–Kier alpha value is -1.88. The third-order valence-corrected chi connectivity index (χ3v) is 3.99. The molecule has 114 valence electrons. The molecule has 5 nitrogen and oxygen atoms in total. The lowest BCUT2D eigenvalue weighted by Crippen LogP contribution is -2.53. The molecule has 1 aliphatic heterocycles. The summed E-state index contributed by atoms with van der Waals surface area (Å²) in [7, 11) is 0. The van der Waals surface area contributed by atoms with Gasteiger partial charge in [-0.1, -0.05) is 31.5 Å². The number of amides is 1. The monoisotopic (exact) mass is 290 g/mol.